The van der Waals surface area contributed by atoms with E-state index in [4.69, 9.17) is 10.5 Å². The first-order valence-electron chi connectivity index (χ1n) is 8.65. The number of nitrogens with zero attached hydrogens (tertiary/aromatic N) is 1. The zero-order valence-electron chi connectivity index (χ0n) is 14.7. The summed E-state index contributed by atoms with van der Waals surface area (Å²) >= 11 is 0. The predicted octanol–water partition coefficient (Wildman–Crippen LogP) is 2.16. The Morgan fingerprint density at radius 1 is 1.00 bits per heavy atom. The lowest BCUT2D eigenvalue weighted by molar-refractivity contribution is -0.137. The van der Waals surface area contributed by atoms with Crippen LogP contribution in [0.1, 0.15) is 23.5 Å². The third kappa shape index (κ3) is 2.88. The van der Waals surface area contributed by atoms with Crippen LogP contribution < -0.4 is 5.73 Å². The van der Waals surface area contributed by atoms with Crippen LogP contribution in [0.25, 0.3) is 11.1 Å². The molecule has 1 aliphatic carbocycles. The van der Waals surface area contributed by atoms with Crippen LogP contribution in [0.4, 0.5) is 9.59 Å². The number of hydrogen-bond donors (Lipinski definition) is 1. The summed E-state index contributed by atoms with van der Waals surface area (Å²) in [5.41, 5.74) is 9.21. The Balaban J connectivity index is 1.54. The van der Waals surface area contributed by atoms with Crippen LogP contribution in [0.3, 0.4) is 0 Å². The van der Waals surface area contributed by atoms with Gasteiger partial charge in [0, 0.05) is 5.92 Å². The summed E-state index contributed by atoms with van der Waals surface area (Å²) in [7, 11) is 0. The molecule has 2 aromatic rings. The van der Waals surface area contributed by atoms with Gasteiger partial charge < -0.3 is 15.2 Å². The SMILES string of the molecule is NC(=O)CC1C(=O)OC(=O)N1C(=O)OCC1c2ccccc2-c2ccccc21. The number of carbonyl (C=O) groups is 4. The summed E-state index contributed by atoms with van der Waals surface area (Å²) in [6.45, 7) is -0.0336. The molecule has 2 aliphatic rings. The molecule has 1 atom stereocenters. The van der Waals surface area contributed by atoms with Crippen LogP contribution in [0.2, 0.25) is 0 Å². The van der Waals surface area contributed by atoms with E-state index < -0.39 is 36.5 Å². The third-order valence-electron chi connectivity index (χ3n) is 4.90. The molecule has 1 aliphatic heterocycles. The highest BCUT2D eigenvalue weighted by atomic mass is 16.6. The molecule has 28 heavy (non-hydrogen) atoms. The lowest BCUT2D eigenvalue weighted by Gasteiger charge is -2.19. The van der Waals surface area contributed by atoms with Gasteiger partial charge >= 0.3 is 18.2 Å². The van der Waals surface area contributed by atoms with Crippen molar-refractivity contribution < 1.29 is 28.7 Å². The Labute approximate surface area is 159 Å². The molecule has 4 rings (SSSR count). The van der Waals surface area contributed by atoms with Gasteiger partial charge in [-0.1, -0.05) is 48.5 Å². The summed E-state index contributed by atoms with van der Waals surface area (Å²) in [6.07, 6.45) is -2.74. The molecule has 0 saturated carbocycles. The van der Waals surface area contributed by atoms with Crippen molar-refractivity contribution in [1.29, 1.82) is 0 Å². The third-order valence-corrected chi connectivity index (χ3v) is 4.90. The minimum atomic E-state index is -1.40. The van der Waals surface area contributed by atoms with Gasteiger partial charge in [0.25, 0.3) is 0 Å². The van der Waals surface area contributed by atoms with Crippen molar-refractivity contribution >= 4 is 24.1 Å². The van der Waals surface area contributed by atoms with Crippen molar-refractivity contribution in [2.75, 3.05) is 6.61 Å². The quantitative estimate of drug-likeness (QED) is 0.642. The molecule has 0 bridgehead atoms. The van der Waals surface area contributed by atoms with Gasteiger partial charge in [-0.2, -0.15) is 4.90 Å². The molecule has 8 heteroatoms. The maximum atomic E-state index is 12.5. The van der Waals surface area contributed by atoms with Gasteiger partial charge in [0.2, 0.25) is 5.91 Å². The molecule has 0 aromatic heterocycles. The van der Waals surface area contributed by atoms with Gasteiger partial charge in [-0.05, 0) is 22.3 Å². The number of primary amides is 1. The molecule has 1 saturated heterocycles. The van der Waals surface area contributed by atoms with E-state index in [1.54, 1.807) is 0 Å². The predicted molar refractivity (Wildman–Crippen MR) is 96.0 cm³/mol. The lowest BCUT2D eigenvalue weighted by atomic mass is 9.98. The Hall–Kier alpha value is -3.68. The Morgan fingerprint density at radius 3 is 2.14 bits per heavy atom. The zero-order valence-corrected chi connectivity index (χ0v) is 14.7. The van der Waals surface area contributed by atoms with Gasteiger partial charge in [-0.15, -0.1) is 0 Å². The highest BCUT2D eigenvalue weighted by molar-refractivity contribution is 6.05. The van der Waals surface area contributed by atoms with E-state index in [9.17, 15) is 19.2 Å². The number of ether oxygens (including phenoxy) is 2. The van der Waals surface area contributed by atoms with Crippen LogP contribution in [-0.2, 0) is 19.1 Å². The van der Waals surface area contributed by atoms with Crippen LogP contribution in [0.5, 0.6) is 0 Å². The summed E-state index contributed by atoms with van der Waals surface area (Å²) in [5, 5.41) is 0. The van der Waals surface area contributed by atoms with Crippen LogP contribution in [0, 0.1) is 0 Å². The van der Waals surface area contributed by atoms with Gasteiger partial charge in [0.15, 0.2) is 6.04 Å². The topological polar surface area (TPSA) is 116 Å². The number of esters is 1. The monoisotopic (exact) mass is 380 g/mol. The average Bonchev–Trinajstić information content (AvgIpc) is 3.13. The summed E-state index contributed by atoms with van der Waals surface area (Å²) in [6, 6.07) is 14.2. The molecular formula is C20H16N2O6. The fraction of sp³-hybridized carbons (Fsp3) is 0.200. The molecular weight excluding hydrogens is 364 g/mol. The number of imide groups is 1. The second-order valence-electron chi connectivity index (χ2n) is 6.55. The van der Waals surface area contributed by atoms with Crippen molar-refractivity contribution in [3.63, 3.8) is 0 Å². The molecule has 2 aromatic carbocycles. The number of amides is 3. The molecule has 1 heterocycles. The standard InChI is InChI=1S/C20H16N2O6/c21-17(23)9-16-18(24)28-20(26)22(16)19(25)27-10-15-13-7-3-1-5-11(13)12-6-2-4-8-14(12)15/h1-8,15-16H,9-10H2,(H2,21,23). The number of fused-ring (bicyclic) bond motifs is 3. The van der Waals surface area contributed by atoms with Crippen LogP contribution in [-0.4, -0.2) is 41.6 Å². The van der Waals surface area contributed by atoms with E-state index in [0.29, 0.717) is 4.90 Å². The van der Waals surface area contributed by atoms with E-state index in [1.807, 2.05) is 48.5 Å². The molecule has 8 nitrogen and oxygen atoms in total. The fourth-order valence-electron chi connectivity index (χ4n) is 3.67. The first-order valence-corrected chi connectivity index (χ1v) is 8.65. The van der Waals surface area contributed by atoms with Gasteiger partial charge in [-0.25, -0.2) is 14.4 Å². The molecule has 142 valence electrons. The van der Waals surface area contributed by atoms with Crippen molar-refractivity contribution in [2.24, 2.45) is 5.73 Å². The molecule has 1 fully saturated rings. The number of carbonyl (C=O) groups excluding carboxylic acids is 4. The van der Waals surface area contributed by atoms with Crippen molar-refractivity contribution in [3.05, 3.63) is 59.7 Å². The van der Waals surface area contributed by atoms with Crippen molar-refractivity contribution in [1.82, 2.24) is 4.90 Å². The lowest BCUT2D eigenvalue weighted by Crippen LogP contribution is -2.43. The largest absolute Gasteiger partial charge is 0.448 e. The smallest absolute Gasteiger partial charge is 0.427 e. The number of rotatable bonds is 4. The molecule has 1 unspecified atom stereocenters. The summed E-state index contributed by atoms with van der Waals surface area (Å²) < 4.78 is 9.77. The highest BCUT2D eigenvalue weighted by Gasteiger charge is 2.47. The van der Waals surface area contributed by atoms with E-state index in [-0.39, 0.29) is 12.5 Å². The maximum absolute atomic E-state index is 12.5. The Bertz CT molecular complexity index is 956. The van der Waals surface area contributed by atoms with Crippen molar-refractivity contribution in [3.8, 4) is 11.1 Å². The molecule has 3 amide bonds. The highest BCUT2D eigenvalue weighted by Crippen LogP contribution is 2.44. The Kier molecular flexibility index (Phi) is 4.31. The second-order valence-corrected chi connectivity index (χ2v) is 6.55. The van der Waals surface area contributed by atoms with E-state index >= 15 is 0 Å². The second kappa shape index (κ2) is 6.80. The first-order chi connectivity index (χ1) is 13.5. The summed E-state index contributed by atoms with van der Waals surface area (Å²) in [5.74, 6) is -2.05. The van der Waals surface area contributed by atoms with Crippen molar-refractivity contribution in [2.45, 2.75) is 18.4 Å². The average molecular weight is 380 g/mol. The van der Waals surface area contributed by atoms with Gasteiger partial charge in [0.05, 0.1) is 6.42 Å². The molecule has 0 radical (unpaired) electrons. The fourth-order valence-corrected chi connectivity index (χ4v) is 3.67. The van der Waals surface area contributed by atoms with Crippen LogP contribution in [0.15, 0.2) is 48.5 Å². The molecule has 2 N–H and O–H groups in total. The number of nitrogens with two attached hydrogens (primary N) is 1. The maximum Gasteiger partial charge on any atom is 0.427 e. The molecule has 0 spiro atoms. The zero-order chi connectivity index (χ0) is 19.8. The first kappa shape index (κ1) is 17.7. The normalized spacial score (nSPS) is 17.9. The van der Waals surface area contributed by atoms with Crippen LogP contribution >= 0.6 is 0 Å². The minimum absolute atomic E-state index is 0.0336. The number of benzene rings is 2. The Morgan fingerprint density at radius 2 is 1.57 bits per heavy atom. The van der Waals surface area contributed by atoms with E-state index in [1.165, 1.54) is 0 Å². The number of cyclic esters (lactones) is 2. The summed E-state index contributed by atoms with van der Waals surface area (Å²) in [4.78, 5) is 47.7. The van der Waals surface area contributed by atoms with E-state index in [0.717, 1.165) is 22.3 Å². The van der Waals surface area contributed by atoms with Gasteiger partial charge in [0.1, 0.15) is 6.61 Å². The van der Waals surface area contributed by atoms with Gasteiger partial charge in [-0.3, -0.25) is 4.79 Å². The number of hydrogen-bond acceptors (Lipinski definition) is 6. The van der Waals surface area contributed by atoms with E-state index in [2.05, 4.69) is 4.74 Å². The minimum Gasteiger partial charge on any atom is -0.448 e.